The van der Waals surface area contributed by atoms with Gasteiger partial charge in [-0.05, 0) is 18.6 Å². The molecule has 1 aliphatic heterocycles. The third-order valence-corrected chi connectivity index (χ3v) is 4.25. The molecular formula is C18H21N5O3. The van der Waals surface area contributed by atoms with Gasteiger partial charge in [0.15, 0.2) is 0 Å². The summed E-state index contributed by atoms with van der Waals surface area (Å²) in [5, 5.41) is 6.80. The van der Waals surface area contributed by atoms with Gasteiger partial charge < -0.3 is 14.7 Å². The van der Waals surface area contributed by atoms with Crippen LogP contribution in [-0.2, 0) is 16.0 Å². The second-order valence-corrected chi connectivity index (χ2v) is 6.12. The van der Waals surface area contributed by atoms with Crippen molar-refractivity contribution in [3.8, 4) is 11.4 Å². The van der Waals surface area contributed by atoms with Crippen molar-refractivity contribution in [1.82, 2.24) is 25.3 Å². The number of carbonyl (C=O) groups excluding carboxylic acids is 2. The van der Waals surface area contributed by atoms with Gasteiger partial charge in [0.2, 0.25) is 23.5 Å². The molecule has 26 heavy (non-hydrogen) atoms. The van der Waals surface area contributed by atoms with Crippen LogP contribution >= 0.6 is 0 Å². The monoisotopic (exact) mass is 355 g/mol. The van der Waals surface area contributed by atoms with Crippen molar-refractivity contribution in [2.75, 3.05) is 19.6 Å². The minimum absolute atomic E-state index is 0.0569. The fourth-order valence-corrected chi connectivity index (χ4v) is 2.87. The maximum atomic E-state index is 12.3. The van der Waals surface area contributed by atoms with E-state index < -0.39 is 0 Å². The first-order chi connectivity index (χ1) is 12.7. The average Bonchev–Trinajstić information content (AvgIpc) is 3.13. The number of hydrogen-bond acceptors (Lipinski definition) is 6. The van der Waals surface area contributed by atoms with E-state index in [1.807, 2.05) is 6.07 Å². The number of likely N-dealkylation sites (tertiary alicyclic amines) is 1. The average molecular weight is 355 g/mol. The second-order valence-electron chi connectivity index (χ2n) is 6.12. The van der Waals surface area contributed by atoms with Gasteiger partial charge in [-0.1, -0.05) is 11.2 Å². The molecule has 0 unspecified atom stereocenters. The summed E-state index contributed by atoms with van der Waals surface area (Å²) in [4.78, 5) is 34.1. The molecule has 0 spiro atoms. The third-order valence-electron chi connectivity index (χ3n) is 4.25. The van der Waals surface area contributed by atoms with Crippen LogP contribution in [0.2, 0.25) is 0 Å². The molecule has 0 aromatic carbocycles. The smallest absolute Gasteiger partial charge is 0.228 e. The Morgan fingerprint density at radius 2 is 2.38 bits per heavy atom. The number of piperidine rings is 1. The fraction of sp³-hybridized carbons (Fsp3) is 0.389. The van der Waals surface area contributed by atoms with E-state index in [4.69, 9.17) is 4.52 Å². The Morgan fingerprint density at radius 1 is 1.50 bits per heavy atom. The molecule has 0 aliphatic carbocycles. The Kier molecular flexibility index (Phi) is 5.73. The summed E-state index contributed by atoms with van der Waals surface area (Å²) < 4.78 is 5.21. The van der Waals surface area contributed by atoms with Gasteiger partial charge in [0.05, 0.1) is 5.92 Å². The van der Waals surface area contributed by atoms with Crippen molar-refractivity contribution < 1.29 is 14.1 Å². The molecule has 3 heterocycles. The first-order valence-electron chi connectivity index (χ1n) is 8.56. The standard InChI is InChI=1S/C18H21N5O3/c1-2-10-23-12-14(5-6-16(23)24)18(25)20-9-7-15-21-17(22-26-15)13-4-3-8-19-11-13/h2-4,8,11,14H,1,5-7,9-10,12H2,(H,20,25)/t14-/m0/s1. The lowest BCUT2D eigenvalue weighted by Gasteiger charge is -2.31. The van der Waals surface area contributed by atoms with Gasteiger partial charge in [-0.25, -0.2) is 0 Å². The molecule has 0 bridgehead atoms. The van der Waals surface area contributed by atoms with Gasteiger partial charge in [0, 0.05) is 50.4 Å². The number of nitrogens with one attached hydrogen (secondary N) is 1. The maximum absolute atomic E-state index is 12.3. The van der Waals surface area contributed by atoms with Crippen molar-refractivity contribution >= 4 is 11.8 Å². The number of rotatable bonds is 7. The van der Waals surface area contributed by atoms with Crippen LogP contribution < -0.4 is 5.32 Å². The van der Waals surface area contributed by atoms with Crippen LogP contribution in [0.4, 0.5) is 0 Å². The van der Waals surface area contributed by atoms with Crippen LogP contribution in [0.3, 0.4) is 0 Å². The lowest BCUT2D eigenvalue weighted by Crippen LogP contribution is -2.46. The Balaban J connectivity index is 1.47. The van der Waals surface area contributed by atoms with Crippen molar-refractivity contribution in [1.29, 1.82) is 0 Å². The highest BCUT2D eigenvalue weighted by molar-refractivity contribution is 5.83. The van der Waals surface area contributed by atoms with Crippen molar-refractivity contribution in [2.24, 2.45) is 5.92 Å². The number of pyridine rings is 1. The van der Waals surface area contributed by atoms with Crippen LogP contribution in [0.5, 0.6) is 0 Å². The lowest BCUT2D eigenvalue weighted by atomic mass is 9.96. The van der Waals surface area contributed by atoms with E-state index in [2.05, 4.69) is 27.0 Å². The zero-order valence-corrected chi connectivity index (χ0v) is 14.4. The Morgan fingerprint density at radius 3 is 3.15 bits per heavy atom. The van der Waals surface area contributed by atoms with E-state index in [0.717, 1.165) is 5.56 Å². The maximum Gasteiger partial charge on any atom is 0.228 e. The lowest BCUT2D eigenvalue weighted by molar-refractivity contribution is -0.137. The molecule has 1 N–H and O–H groups in total. The summed E-state index contributed by atoms with van der Waals surface area (Å²) in [5.74, 6) is 0.754. The molecule has 8 nitrogen and oxygen atoms in total. The molecule has 1 fully saturated rings. The molecule has 136 valence electrons. The molecular weight excluding hydrogens is 334 g/mol. The SMILES string of the molecule is C=CCN1C[C@@H](C(=O)NCCc2nc(-c3cccnc3)no2)CCC1=O. The minimum atomic E-state index is -0.193. The quantitative estimate of drug-likeness (QED) is 0.749. The number of carbonyl (C=O) groups is 2. The molecule has 2 aromatic rings. The molecule has 1 atom stereocenters. The molecule has 3 rings (SSSR count). The highest BCUT2D eigenvalue weighted by Crippen LogP contribution is 2.18. The normalized spacial score (nSPS) is 17.2. The van der Waals surface area contributed by atoms with Crippen molar-refractivity contribution in [2.45, 2.75) is 19.3 Å². The fourth-order valence-electron chi connectivity index (χ4n) is 2.87. The van der Waals surface area contributed by atoms with Crippen LogP contribution in [0, 0.1) is 5.92 Å². The number of hydrogen-bond donors (Lipinski definition) is 1. The van der Waals surface area contributed by atoms with E-state index >= 15 is 0 Å². The zero-order valence-electron chi connectivity index (χ0n) is 14.4. The molecule has 2 amide bonds. The summed E-state index contributed by atoms with van der Waals surface area (Å²) in [6.07, 6.45) is 6.42. The molecule has 1 aliphatic rings. The van der Waals surface area contributed by atoms with E-state index in [9.17, 15) is 9.59 Å². The Hall–Kier alpha value is -3.03. The zero-order chi connectivity index (χ0) is 18.4. The molecule has 1 saturated heterocycles. The number of nitrogens with zero attached hydrogens (tertiary/aromatic N) is 4. The third kappa shape index (κ3) is 4.33. The summed E-state index contributed by atoms with van der Waals surface area (Å²) >= 11 is 0. The van der Waals surface area contributed by atoms with Crippen molar-refractivity contribution in [3.05, 3.63) is 43.1 Å². The number of amides is 2. The predicted molar refractivity (Wildman–Crippen MR) is 93.7 cm³/mol. The van der Waals surface area contributed by atoms with E-state index in [1.165, 1.54) is 0 Å². The highest BCUT2D eigenvalue weighted by Gasteiger charge is 2.29. The first kappa shape index (κ1) is 17.8. The van der Waals surface area contributed by atoms with Gasteiger partial charge in [-0.2, -0.15) is 4.98 Å². The predicted octanol–water partition coefficient (Wildman–Crippen LogP) is 1.21. The van der Waals surface area contributed by atoms with Gasteiger partial charge in [-0.3, -0.25) is 14.6 Å². The summed E-state index contributed by atoms with van der Waals surface area (Å²) in [6, 6.07) is 3.65. The van der Waals surface area contributed by atoms with E-state index in [1.54, 1.807) is 29.4 Å². The summed E-state index contributed by atoms with van der Waals surface area (Å²) in [5.41, 5.74) is 0.778. The molecule has 2 aromatic heterocycles. The van der Waals surface area contributed by atoms with Crippen LogP contribution in [0.15, 0.2) is 41.7 Å². The van der Waals surface area contributed by atoms with Gasteiger partial charge in [-0.15, -0.1) is 6.58 Å². The second kappa shape index (κ2) is 8.37. The van der Waals surface area contributed by atoms with Crippen molar-refractivity contribution in [3.63, 3.8) is 0 Å². The Labute approximate surface area is 151 Å². The minimum Gasteiger partial charge on any atom is -0.355 e. The highest BCUT2D eigenvalue weighted by atomic mass is 16.5. The van der Waals surface area contributed by atoms with Crippen LogP contribution in [0.25, 0.3) is 11.4 Å². The van der Waals surface area contributed by atoms with Crippen LogP contribution in [0.1, 0.15) is 18.7 Å². The Bertz CT molecular complexity index is 774. The molecule has 0 saturated carbocycles. The van der Waals surface area contributed by atoms with E-state index in [0.29, 0.717) is 50.6 Å². The van der Waals surface area contributed by atoms with Gasteiger partial charge in [0.25, 0.3) is 0 Å². The number of aromatic nitrogens is 3. The van der Waals surface area contributed by atoms with Gasteiger partial charge in [0.1, 0.15) is 0 Å². The topological polar surface area (TPSA) is 101 Å². The van der Waals surface area contributed by atoms with Gasteiger partial charge >= 0.3 is 0 Å². The summed E-state index contributed by atoms with van der Waals surface area (Å²) in [6.45, 7) is 4.95. The van der Waals surface area contributed by atoms with Crippen LogP contribution in [-0.4, -0.2) is 51.5 Å². The first-order valence-corrected chi connectivity index (χ1v) is 8.56. The van der Waals surface area contributed by atoms with E-state index in [-0.39, 0.29) is 17.7 Å². The summed E-state index contributed by atoms with van der Waals surface area (Å²) in [7, 11) is 0. The molecule has 0 radical (unpaired) electrons. The largest absolute Gasteiger partial charge is 0.355 e. The molecule has 8 heteroatoms.